The SMILES string of the molecule is CCCCCCC1CCC(CCc2ccc(CCC=CF)cc2)CC1. The van der Waals surface area contributed by atoms with Crippen LogP contribution in [0.4, 0.5) is 4.39 Å². The first-order chi connectivity index (χ1) is 12.3. The van der Waals surface area contributed by atoms with Gasteiger partial charge in [0.15, 0.2) is 0 Å². The van der Waals surface area contributed by atoms with Gasteiger partial charge < -0.3 is 0 Å². The molecule has 2 rings (SSSR count). The van der Waals surface area contributed by atoms with Crippen LogP contribution in [0.1, 0.15) is 88.7 Å². The van der Waals surface area contributed by atoms with Gasteiger partial charge in [0.2, 0.25) is 0 Å². The molecule has 1 saturated carbocycles. The fourth-order valence-corrected chi connectivity index (χ4v) is 4.23. The normalized spacial score (nSPS) is 21.0. The zero-order valence-corrected chi connectivity index (χ0v) is 16.2. The molecular formula is C24H37F. The Hall–Kier alpha value is -1.11. The third-order valence-electron chi connectivity index (χ3n) is 5.99. The van der Waals surface area contributed by atoms with E-state index in [0.717, 1.165) is 24.7 Å². The summed E-state index contributed by atoms with van der Waals surface area (Å²) in [4.78, 5) is 0. The van der Waals surface area contributed by atoms with Crippen molar-refractivity contribution in [3.05, 3.63) is 47.8 Å². The van der Waals surface area contributed by atoms with Gasteiger partial charge in [-0.1, -0.05) is 95.1 Å². The minimum atomic E-state index is 0.647. The Kier molecular flexibility index (Phi) is 9.92. The van der Waals surface area contributed by atoms with E-state index in [1.54, 1.807) is 6.08 Å². The molecule has 0 nitrogen and oxygen atoms in total. The van der Waals surface area contributed by atoms with Gasteiger partial charge in [0.05, 0.1) is 6.33 Å². The standard InChI is InChI=1S/C24H37F/c1-2-3-4-5-8-21-10-14-23(15-11-21)18-19-24-16-12-22(13-17-24)9-6-7-20-25/h7,12-13,16-17,20-21,23H,2-6,8-11,14-15,18-19H2,1H3. The molecule has 140 valence electrons. The Balaban J connectivity index is 1.60. The lowest BCUT2D eigenvalue weighted by Crippen LogP contribution is -2.15. The van der Waals surface area contributed by atoms with E-state index < -0.39 is 0 Å². The molecule has 0 aromatic heterocycles. The highest BCUT2D eigenvalue weighted by molar-refractivity contribution is 5.23. The Morgan fingerprint density at radius 3 is 2.04 bits per heavy atom. The van der Waals surface area contributed by atoms with Crippen LogP contribution in [0.2, 0.25) is 0 Å². The first-order valence-electron chi connectivity index (χ1n) is 10.6. The Morgan fingerprint density at radius 2 is 1.44 bits per heavy atom. The first kappa shape index (κ1) is 20.2. The fourth-order valence-electron chi connectivity index (χ4n) is 4.23. The second-order valence-electron chi connectivity index (χ2n) is 7.99. The highest BCUT2D eigenvalue weighted by Crippen LogP contribution is 2.34. The van der Waals surface area contributed by atoms with Crippen LogP contribution in [0, 0.1) is 11.8 Å². The van der Waals surface area contributed by atoms with E-state index in [1.807, 2.05) is 0 Å². The van der Waals surface area contributed by atoms with E-state index >= 15 is 0 Å². The number of rotatable bonds is 11. The summed E-state index contributed by atoms with van der Waals surface area (Å²) in [7, 11) is 0. The lowest BCUT2D eigenvalue weighted by Gasteiger charge is -2.28. The Morgan fingerprint density at radius 1 is 0.840 bits per heavy atom. The third-order valence-corrected chi connectivity index (χ3v) is 5.99. The zero-order chi connectivity index (χ0) is 17.7. The van der Waals surface area contributed by atoms with Crippen LogP contribution in [-0.2, 0) is 12.8 Å². The van der Waals surface area contributed by atoms with Crippen LogP contribution in [0.15, 0.2) is 36.7 Å². The van der Waals surface area contributed by atoms with E-state index in [1.165, 1.54) is 81.8 Å². The predicted molar refractivity (Wildman–Crippen MR) is 108 cm³/mol. The maximum Gasteiger partial charge on any atom is 0.0827 e. The lowest BCUT2D eigenvalue weighted by molar-refractivity contribution is 0.249. The third kappa shape index (κ3) is 8.21. The second kappa shape index (κ2) is 12.3. The largest absolute Gasteiger partial charge is 0.216 e. The van der Waals surface area contributed by atoms with E-state index in [9.17, 15) is 4.39 Å². The average molecular weight is 345 g/mol. The number of unbranched alkanes of at least 4 members (excludes halogenated alkanes) is 3. The summed E-state index contributed by atoms with van der Waals surface area (Å²) in [6.45, 7) is 2.29. The second-order valence-corrected chi connectivity index (χ2v) is 7.99. The molecule has 0 heterocycles. The van der Waals surface area contributed by atoms with Crippen molar-refractivity contribution < 1.29 is 4.39 Å². The molecule has 0 aliphatic heterocycles. The number of allylic oxidation sites excluding steroid dienone is 1. The van der Waals surface area contributed by atoms with Crippen molar-refractivity contribution in [1.29, 1.82) is 0 Å². The van der Waals surface area contributed by atoms with Gasteiger partial charge in [-0.2, -0.15) is 0 Å². The first-order valence-corrected chi connectivity index (χ1v) is 10.6. The molecule has 1 aromatic rings. The molecule has 0 radical (unpaired) electrons. The van der Waals surface area contributed by atoms with Gasteiger partial charge in [0.25, 0.3) is 0 Å². The van der Waals surface area contributed by atoms with Crippen molar-refractivity contribution in [2.45, 2.75) is 90.4 Å². The minimum absolute atomic E-state index is 0.647. The van der Waals surface area contributed by atoms with Crippen molar-refractivity contribution in [3.63, 3.8) is 0 Å². The van der Waals surface area contributed by atoms with Crippen LogP contribution < -0.4 is 0 Å². The molecule has 0 bridgehead atoms. The van der Waals surface area contributed by atoms with Crippen molar-refractivity contribution in [2.24, 2.45) is 11.8 Å². The maximum atomic E-state index is 12.0. The van der Waals surface area contributed by atoms with Crippen LogP contribution >= 0.6 is 0 Å². The molecule has 0 N–H and O–H groups in total. The van der Waals surface area contributed by atoms with Gasteiger partial charge in [0, 0.05) is 0 Å². The van der Waals surface area contributed by atoms with Crippen molar-refractivity contribution in [3.8, 4) is 0 Å². The summed E-state index contributed by atoms with van der Waals surface area (Å²) in [5.74, 6) is 1.96. The highest BCUT2D eigenvalue weighted by Gasteiger charge is 2.20. The molecule has 0 amide bonds. The van der Waals surface area contributed by atoms with Crippen LogP contribution in [0.25, 0.3) is 0 Å². The molecule has 0 saturated heterocycles. The molecule has 25 heavy (non-hydrogen) atoms. The van der Waals surface area contributed by atoms with Crippen molar-refractivity contribution in [2.75, 3.05) is 0 Å². The van der Waals surface area contributed by atoms with Gasteiger partial charge in [0.1, 0.15) is 0 Å². The van der Waals surface area contributed by atoms with E-state index in [2.05, 4.69) is 31.2 Å². The molecule has 0 atom stereocenters. The average Bonchev–Trinajstić information content (AvgIpc) is 2.66. The summed E-state index contributed by atoms with van der Waals surface area (Å²) in [5.41, 5.74) is 2.77. The summed E-state index contributed by atoms with van der Waals surface area (Å²) in [6.07, 6.45) is 19.5. The number of hydrogen-bond donors (Lipinski definition) is 0. The number of halogens is 1. The molecule has 0 spiro atoms. The van der Waals surface area contributed by atoms with E-state index in [4.69, 9.17) is 0 Å². The van der Waals surface area contributed by atoms with Gasteiger partial charge in [-0.25, -0.2) is 4.39 Å². The summed E-state index contributed by atoms with van der Waals surface area (Å²) >= 11 is 0. The Labute approximate surface area is 154 Å². The fraction of sp³-hybridized carbons (Fsp3) is 0.667. The number of aryl methyl sites for hydroxylation is 2. The molecule has 1 heteroatoms. The van der Waals surface area contributed by atoms with Crippen LogP contribution in [0.5, 0.6) is 0 Å². The summed E-state index contributed by atoms with van der Waals surface area (Å²) in [5, 5.41) is 0. The molecular weight excluding hydrogens is 307 g/mol. The predicted octanol–water partition coefficient (Wildman–Crippen LogP) is 7.81. The monoisotopic (exact) mass is 344 g/mol. The zero-order valence-electron chi connectivity index (χ0n) is 16.2. The lowest BCUT2D eigenvalue weighted by atomic mass is 9.77. The minimum Gasteiger partial charge on any atom is -0.216 e. The summed E-state index contributed by atoms with van der Waals surface area (Å²) < 4.78 is 12.0. The van der Waals surface area contributed by atoms with Crippen LogP contribution in [0.3, 0.4) is 0 Å². The highest BCUT2D eigenvalue weighted by atomic mass is 19.1. The van der Waals surface area contributed by atoms with Gasteiger partial charge >= 0.3 is 0 Å². The molecule has 0 unspecified atom stereocenters. The number of benzene rings is 1. The van der Waals surface area contributed by atoms with Gasteiger partial charge in [-0.15, -0.1) is 0 Å². The van der Waals surface area contributed by atoms with Crippen molar-refractivity contribution >= 4 is 0 Å². The molecule has 1 aromatic carbocycles. The van der Waals surface area contributed by atoms with Gasteiger partial charge in [-0.05, 0) is 48.6 Å². The van der Waals surface area contributed by atoms with Gasteiger partial charge in [-0.3, -0.25) is 0 Å². The Bertz CT molecular complexity index is 465. The topological polar surface area (TPSA) is 0 Å². The van der Waals surface area contributed by atoms with E-state index in [0.29, 0.717) is 6.33 Å². The molecule has 1 aliphatic rings. The molecule has 1 fully saturated rings. The number of hydrogen-bond acceptors (Lipinski definition) is 0. The molecule has 1 aliphatic carbocycles. The van der Waals surface area contributed by atoms with Crippen LogP contribution in [-0.4, -0.2) is 0 Å². The van der Waals surface area contributed by atoms with E-state index in [-0.39, 0.29) is 0 Å². The smallest absolute Gasteiger partial charge is 0.0827 e. The summed E-state index contributed by atoms with van der Waals surface area (Å²) in [6, 6.07) is 8.98. The van der Waals surface area contributed by atoms with Crippen molar-refractivity contribution in [1.82, 2.24) is 0 Å². The quantitative estimate of drug-likeness (QED) is 0.359. The maximum absolute atomic E-state index is 12.0.